The molecular formula is C30H39NO2. The molecule has 2 aliphatic rings. The third kappa shape index (κ3) is 5.23. The second-order valence-electron chi connectivity index (χ2n) is 11.2. The van der Waals surface area contributed by atoms with Crippen LogP contribution in [0.3, 0.4) is 0 Å². The van der Waals surface area contributed by atoms with E-state index in [0.29, 0.717) is 18.1 Å². The molecule has 2 aromatic rings. The Labute approximate surface area is 199 Å². The first-order chi connectivity index (χ1) is 15.8. The molecule has 1 aliphatic heterocycles. The van der Waals surface area contributed by atoms with Crippen molar-refractivity contribution in [2.24, 2.45) is 11.8 Å². The van der Waals surface area contributed by atoms with Crippen molar-refractivity contribution in [3.05, 3.63) is 70.8 Å². The van der Waals surface area contributed by atoms with Gasteiger partial charge in [-0.1, -0.05) is 76.1 Å². The van der Waals surface area contributed by atoms with Crippen LogP contribution in [-0.2, 0) is 16.6 Å². The van der Waals surface area contributed by atoms with Gasteiger partial charge in [0.2, 0.25) is 0 Å². The van der Waals surface area contributed by atoms with Gasteiger partial charge in [-0.2, -0.15) is 0 Å². The van der Waals surface area contributed by atoms with Crippen molar-refractivity contribution < 1.29 is 9.59 Å². The number of hydrogen-bond acceptors (Lipinski definition) is 2. The van der Waals surface area contributed by atoms with Gasteiger partial charge in [0.25, 0.3) is 5.91 Å². The summed E-state index contributed by atoms with van der Waals surface area (Å²) in [5, 5.41) is 0. The largest absolute Gasteiger partial charge is 0.335 e. The highest BCUT2D eigenvalue weighted by Crippen LogP contribution is 2.39. The van der Waals surface area contributed by atoms with Gasteiger partial charge < -0.3 is 4.90 Å². The standard InChI is InChI=1S/C30H39NO2/c1-21-11-5-8-16-25(21)29(33)31-18-10-17-26(28(31)23-13-6-7-14-23)27(32)20-22-12-9-15-24(19-22)30(2,3)4/h5,8-9,11-12,15-16,19,23,26,28H,6-7,10,13-14,17-18,20H2,1-4H3. The van der Waals surface area contributed by atoms with Crippen LogP contribution in [0.25, 0.3) is 0 Å². The number of carbonyl (C=O) groups is 2. The van der Waals surface area contributed by atoms with Crippen LogP contribution in [0.2, 0.25) is 0 Å². The third-order valence-electron chi connectivity index (χ3n) is 7.79. The van der Waals surface area contributed by atoms with E-state index in [4.69, 9.17) is 0 Å². The first-order valence-corrected chi connectivity index (χ1v) is 12.7. The predicted octanol–water partition coefficient (Wildman–Crippen LogP) is 6.52. The Morgan fingerprint density at radius 2 is 1.67 bits per heavy atom. The predicted molar refractivity (Wildman–Crippen MR) is 135 cm³/mol. The lowest BCUT2D eigenvalue weighted by Crippen LogP contribution is -2.54. The number of benzene rings is 2. The van der Waals surface area contributed by atoms with Crippen LogP contribution in [0.5, 0.6) is 0 Å². The summed E-state index contributed by atoms with van der Waals surface area (Å²) in [6, 6.07) is 16.4. The second kappa shape index (κ2) is 9.83. The highest BCUT2D eigenvalue weighted by atomic mass is 16.2. The van der Waals surface area contributed by atoms with Crippen molar-refractivity contribution in [1.29, 1.82) is 0 Å². The SMILES string of the molecule is Cc1ccccc1C(=O)N1CCCC(C(=O)Cc2cccc(C(C)(C)C)c2)C1C1CCCC1. The fraction of sp³-hybridized carbons (Fsp3) is 0.533. The Morgan fingerprint density at radius 3 is 2.36 bits per heavy atom. The van der Waals surface area contributed by atoms with Crippen LogP contribution in [-0.4, -0.2) is 29.2 Å². The number of aryl methyl sites for hydroxylation is 1. The van der Waals surface area contributed by atoms with Gasteiger partial charge in [-0.3, -0.25) is 9.59 Å². The maximum absolute atomic E-state index is 13.7. The van der Waals surface area contributed by atoms with Gasteiger partial charge in [-0.15, -0.1) is 0 Å². The summed E-state index contributed by atoms with van der Waals surface area (Å²) in [6.07, 6.45) is 6.95. The molecule has 1 saturated carbocycles. The average Bonchev–Trinajstić information content (AvgIpc) is 3.33. The van der Waals surface area contributed by atoms with Crippen molar-refractivity contribution in [3.8, 4) is 0 Å². The zero-order valence-corrected chi connectivity index (χ0v) is 20.8. The van der Waals surface area contributed by atoms with Crippen molar-refractivity contribution in [3.63, 3.8) is 0 Å². The molecule has 2 atom stereocenters. The van der Waals surface area contributed by atoms with Crippen LogP contribution in [0.15, 0.2) is 48.5 Å². The third-order valence-corrected chi connectivity index (χ3v) is 7.79. The van der Waals surface area contributed by atoms with Gasteiger partial charge in [-0.05, 0) is 66.7 Å². The topological polar surface area (TPSA) is 37.4 Å². The number of amides is 1. The van der Waals surface area contributed by atoms with E-state index in [-0.39, 0.29) is 23.3 Å². The van der Waals surface area contributed by atoms with E-state index in [1.165, 1.54) is 18.4 Å². The zero-order chi connectivity index (χ0) is 23.6. The Bertz CT molecular complexity index is 996. The maximum atomic E-state index is 13.7. The first-order valence-electron chi connectivity index (χ1n) is 12.7. The Morgan fingerprint density at radius 1 is 0.939 bits per heavy atom. The summed E-state index contributed by atoms with van der Waals surface area (Å²) in [5.41, 5.74) is 4.22. The van der Waals surface area contributed by atoms with E-state index < -0.39 is 0 Å². The number of nitrogens with zero attached hydrogens (tertiary/aromatic N) is 1. The van der Waals surface area contributed by atoms with E-state index >= 15 is 0 Å². The number of ketones is 1. The monoisotopic (exact) mass is 445 g/mol. The van der Waals surface area contributed by atoms with E-state index in [9.17, 15) is 9.59 Å². The minimum atomic E-state index is -0.0619. The molecule has 33 heavy (non-hydrogen) atoms. The molecule has 1 amide bonds. The smallest absolute Gasteiger partial charge is 0.254 e. The van der Waals surface area contributed by atoms with E-state index in [1.807, 2.05) is 31.2 Å². The molecule has 176 valence electrons. The molecule has 0 N–H and O–H groups in total. The maximum Gasteiger partial charge on any atom is 0.254 e. The molecule has 1 saturated heterocycles. The molecule has 1 heterocycles. The van der Waals surface area contributed by atoms with Gasteiger partial charge in [0, 0.05) is 30.5 Å². The lowest BCUT2D eigenvalue weighted by atomic mass is 9.76. The van der Waals surface area contributed by atoms with Gasteiger partial charge in [0.1, 0.15) is 5.78 Å². The zero-order valence-electron chi connectivity index (χ0n) is 20.8. The van der Waals surface area contributed by atoms with E-state index in [0.717, 1.165) is 48.9 Å². The van der Waals surface area contributed by atoms with Gasteiger partial charge in [0.05, 0.1) is 0 Å². The van der Waals surface area contributed by atoms with Crippen LogP contribution < -0.4 is 0 Å². The molecule has 1 aliphatic carbocycles. The minimum absolute atomic E-state index is 0.0339. The van der Waals surface area contributed by atoms with Gasteiger partial charge >= 0.3 is 0 Å². The molecule has 2 aromatic carbocycles. The van der Waals surface area contributed by atoms with E-state index in [2.05, 4.69) is 49.9 Å². The summed E-state index contributed by atoms with van der Waals surface area (Å²) >= 11 is 0. The van der Waals surface area contributed by atoms with Gasteiger partial charge in [-0.25, -0.2) is 0 Å². The molecule has 0 radical (unpaired) electrons. The van der Waals surface area contributed by atoms with Crippen LogP contribution >= 0.6 is 0 Å². The average molecular weight is 446 g/mol. The van der Waals surface area contributed by atoms with Crippen LogP contribution in [0, 0.1) is 18.8 Å². The van der Waals surface area contributed by atoms with Crippen LogP contribution in [0.1, 0.15) is 86.3 Å². The number of carbonyl (C=O) groups excluding carboxylic acids is 2. The Hall–Kier alpha value is -2.42. The molecule has 0 bridgehead atoms. The number of piperidine rings is 1. The highest BCUT2D eigenvalue weighted by Gasteiger charge is 2.43. The van der Waals surface area contributed by atoms with Crippen molar-refractivity contribution in [2.45, 2.75) is 84.1 Å². The molecular weight excluding hydrogens is 406 g/mol. The summed E-state index contributed by atoms with van der Waals surface area (Å²) in [5.74, 6) is 0.790. The number of likely N-dealkylation sites (tertiary alicyclic amines) is 1. The molecule has 2 unspecified atom stereocenters. The molecule has 3 heteroatoms. The minimum Gasteiger partial charge on any atom is -0.335 e. The lowest BCUT2D eigenvalue weighted by Gasteiger charge is -2.44. The molecule has 2 fully saturated rings. The quantitative estimate of drug-likeness (QED) is 0.526. The Kier molecular flexibility index (Phi) is 7.07. The lowest BCUT2D eigenvalue weighted by molar-refractivity contribution is -0.126. The van der Waals surface area contributed by atoms with Gasteiger partial charge in [0.15, 0.2) is 0 Å². The Balaban J connectivity index is 1.60. The molecule has 4 rings (SSSR count). The number of rotatable bonds is 5. The summed E-state index contributed by atoms with van der Waals surface area (Å²) in [4.78, 5) is 29.5. The fourth-order valence-corrected chi connectivity index (χ4v) is 5.94. The summed E-state index contributed by atoms with van der Waals surface area (Å²) < 4.78 is 0. The number of hydrogen-bond donors (Lipinski definition) is 0. The number of Topliss-reactive ketones (excluding diaryl/α,β-unsaturated/α-hetero) is 1. The molecule has 3 nitrogen and oxygen atoms in total. The van der Waals surface area contributed by atoms with Crippen molar-refractivity contribution in [2.75, 3.05) is 6.54 Å². The second-order valence-corrected chi connectivity index (χ2v) is 11.2. The van der Waals surface area contributed by atoms with Crippen molar-refractivity contribution in [1.82, 2.24) is 4.90 Å². The summed E-state index contributed by atoms with van der Waals surface area (Å²) in [7, 11) is 0. The normalized spacial score (nSPS) is 21.9. The van der Waals surface area contributed by atoms with Crippen LogP contribution in [0.4, 0.5) is 0 Å². The van der Waals surface area contributed by atoms with Crippen molar-refractivity contribution >= 4 is 11.7 Å². The molecule has 0 aromatic heterocycles. The summed E-state index contributed by atoms with van der Waals surface area (Å²) in [6.45, 7) is 9.39. The molecule has 0 spiro atoms. The fourth-order valence-electron chi connectivity index (χ4n) is 5.94. The first kappa shape index (κ1) is 23.7. The van der Waals surface area contributed by atoms with E-state index in [1.54, 1.807) is 0 Å². The highest BCUT2D eigenvalue weighted by molar-refractivity contribution is 5.96.